The number of hydrogen-bond donors (Lipinski definition) is 0. The Labute approximate surface area is 344 Å². The highest BCUT2D eigenvalue weighted by atomic mass is 16.3. The molecule has 7 heteroatoms. The SMILES string of the molecule is [C-]#[N+]c1cc(C#N)ccc1-c1ccc2c(c1)c1ccccc1n2-c1ccc(-c2ccc3c(c2)oc2ccccc23)cc1-c1nc(-c2ccccc2)nc(-c2ccccc2)n1. The van der Waals surface area contributed by atoms with E-state index in [-0.39, 0.29) is 0 Å². The number of rotatable bonds is 6. The van der Waals surface area contributed by atoms with E-state index in [9.17, 15) is 5.26 Å². The van der Waals surface area contributed by atoms with E-state index in [1.165, 1.54) is 0 Å². The van der Waals surface area contributed by atoms with Crippen LogP contribution in [0, 0.1) is 17.9 Å². The molecule has 0 amide bonds. The van der Waals surface area contributed by atoms with Crippen molar-refractivity contribution in [2.24, 2.45) is 0 Å². The summed E-state index contributed by atoms with van der Waals surface area (Å²) in [6.07, 6.45) is 0. The van der Waals surface area contributed by atoms with Gasteiger partial charge >= 0.3 is 0 Å². The highest BCUT2D eigenvalue weighted by molar-refractivity contribution is 6.11. The molecule has 0 saturated carbocycles. The molecule has 3 aromatic heterocycles. The number of fused-ring (bicyclic) bond motifs is 6. The topological polar surface area (TPSA) is 84.9 Å². The van der Waals surface area contributed by atoms with Crippen molar-refractivity contribution < 1.29 is 4.42 Å². The molecule has 0 aliphatic heterocycles. The Morgan fingerprint density at radius 1 is 0.467 bits per heavy atom. The summed E-state index contributed by atoms with van der Waals surface area (Å²) in [6, 6.07) is 63.1. The van der Waals surface area contributed by atoms with E-state index in [0.29, 0.717) is 28.7 Å². The third-order valence-electron chi connectivity index (χ3n) is 11.1. The normalized spacial score (nSPS) is 11.3. The molecular weight excluding hydrogens is 737 g/mol. The summed E-state index contributed by atoms with van der Waals surface area (Å²) >= 11 is 0. The fourth-order valence-electron chi connectivity index (χ4n) is 8.26. The maximum absolute atomic E-state index is 9.52. The summed E-state index contributed by atoms with van der Waals surface area (Å²) in [5, 5.41) is 13.8. The predicted molar refractivity (Wildman–Crippen MR) is 240 cm³/mol. The number of para-hydroxylation sites is 2. The summed E-state index contributed by atoms with van der Waals surface area (Å²) in [4.78, 5) is 19.2. The van der Waals surface area contributed by atoms with Crippen molar-refractivity contribution in [3.05, 3.63) is 199 Å². The molecule has 11 rings (SSSR count). The van der Waals surface area contributed by atoms with Crippen LogP contribution in [0.4, 0.5) is 5.69 Å². The van der Waals surface area contributed by atoms with Crippen molar-refractivity contribution in [3.63, 3.8) is 0 Å². The van der Waals surface area contributed by atoms with Gasteiger partial charge in [0.05, 0.1) is 29.4 Å². The van der Waals surface area contributed by atoms with Crippen LogP contribution in [0.15, 0.2) is 186 Å². The molecule has 0 radical (unpaired) electrons. The smallest absolute Gasteiger partial charge is 0.196 e. The summed E-state index contributed by atoms with van der Waals surface area (Å²) in [5.74, 6) is 1.68. The molecule has 0 saturated heterocycles. The first-order valence-electron chi connectivity index (χ1n) is 19.5. The first-order valence-corrected chi connectivity index (χ1v) is 19.5. The lowest BCUT2D eigenvalue weighted by molar-refractivity contribution is 0.669. The van der Waals surface area contributed by atoms with E-state index in [0.717, 1.165) is 88.4 Å². The maximum atomic E-state index is 9.52. The molecule has 278 valence electrons. The standard InChI is InChI=1S/C53H30N6O/c1-55-45-28-33(32-54)20-24-39(45)38-23-27-47-43(30-38)40-16-8-10-18-46(40)59(47)48-26-22-36(37-21-25-42-41-17-9-11-19-49(41)60-50(42)31-37)29-44(48)53-57-51(34-12-4-2-5-13-34)56-52(58-53)35-14-6-3-7-15-35/h2-31H. The zero-order valence-corrected chi connectivity index (χ0v) is 31.9. The van der Waals surface area contributed by atoms with Crippen molar-refractivity contribution in [1.29, 1.82) is 5.26 Å². The van der Waals surface area contributed by atoms with Gasteiger partial charge in [-0.25, -0.2) is 19.8 Å². The quantitative estimate of drug-likeness (QED) is 0.157. The van der Waals surface area contributed by atoms with Gasteiger partial charge in [0.25, 0.3) is 0 Å². The highest BCUT2D eigenvalue weighted by Crippen LogP contribution is 2.41. The van der Waals surface area contributed by atoms with E-state index < -0.39 is 0 Å². The van der Waals surface area contributed by atoms with Gasteiger partial charge in [0.2, 0.25) is 0 Å². The fourth-order valence-corrected chi connectivity index (χ4v) is 8.26. The summed E-state index contributed by atoms with van der Waals surface area (Å²) < 4.78 is 8.61. The zero-order valence-electron chi connectivity index (χ0n) is 31.9. The Morgan fingerprint density at radius 3 is 1.83 bits per heavy atom. The molecule has 60 heavy (non-hydrogen) atoms. The first-order chi connectivity index (χ1) is 29.6. The molecule has 0 unspecified atom stereocenters. The Morgan fingerprint density at radius 2 is 1.08 bits per heavy atom. The van der Waals surface area contributed by atoms with Gasteiger partial charge in [-0.15, -0.1) is 0 Å². The second-order valence-electron chi connectivity index (χ2n) is 14.6. The van der Waals surface area contributed by atoms with Gasteiger partial charge in [-0.1, -0.05) is 121 Å². The lowest BCUT2D eigenvalue weighted by atomic mass is 9.99. The molecule has 0 N–H and O–H groups in total. The van der Waals surface area contributed by atoms with Crippen LogP contribution >= 0.6 is 0 Å². The molecule has 0 aliphatic carbocycles. The van der Waals surface area contributed by atoms with Gasteiger partial charge < -0.3 is 8.98 Å². The van der Waals surface area contributed by atoms with Crippen molar-refractivity contribution in [2.45, 2.75) is 0 Å². The third kappa shape index (κ3) is 5.77. The van der Waals surface area contributed by atoms with Crippen LogP contribution in [0.5, 0.6) is 0 Å². The van der Waals surface area contributed by atoms with Gasteiger partial charge in [0, 0.05) is 43.8 Å². The average molecular weight is 767 g/mol. The molecule has 0 bridgehead atoms. The van der Waals surface area contributed by atoms with Crippen LogP contribution in [-0.4, -0.2) is 19.5 Å². The Bertz CT molecular complexity index is 3520. The molecule has 0 aliphatic rings. The van der Waals surface area contributed by atoms with Gasteiger partial charge in [0.15, 0.2) is 23.2 Å². The number of nitrogens with zero attached hydrogens (tertiary/aromatic N) is 6. The van der Waals surface area contributed by atoms with Gasteiger partial charge in [-0.05, 0) is 82.9 Å². The Balaban J connectivity index is 1.18. The van der Waals surface area contributed by atoms with Crippen molar-refractivity contribution in [2.75, 3.05) is 0 Å². The average Bonchev–Trinajstić information content (AvgIpc) is 3.86. The molecule has 0 atom stereocenters. The van der Waals surface area contributed by atoms with Crippen LogP contribution in [0.2, 0.25) is 0 Å². The minimum atomic E-state index is 0.439. The van der Waals surface area contributed by atoms with E-state index in [1.54, 1.807) is 12.1 Å². The number of nitriles is 1. The van der Waals surface area contributed by atoms with Crippen LogP contribution in [-0.2, 0) is 0 Å². The minimum Gasteiger partial charge on any atom is -0.456 e. The Hall–Kier alpha value is -8.65. The van der Waals surface area contributed by atoms with Crippen LogP contribution in [0.1, 0.15) is 5.56 Å². The van der Waals surface area contributed by atoms with Crippen molar-refractivity contribution >= 4 is 49.4 Å². The zero-order chi connectivity index (χ0) is 40.2. The van der Waals surface area contributed by atoms with Crippen LogP contribution in [0.3, 0.4) is 0 Å². The number of furan rings is 1. The Kier molecular flexibility index (Phi) is 8.11. The molecule has 0 spiro atoms. The summed E-state index contributed by atoms with van der Waals surface area (Å²) in [7, 11) is 0. The van der Waals surface area contributed by atoms with E-state index in [2.05, 4.69) is 88.3 Å². The molecule has 8 aromatic carbocycles. The van der Waals surface area contributed by atoms with Gasteiger partial charge in [-0.3, -0.25) is 0 Å². The molecule has 11 aromatic rings. The van der Waals surface area contributed by atoms with Gasteiger partial charge in [-0.2, -0.15) is 5.26 Å². The monoisotopic (exact) mass is 766 g/mol. The van der Waals surface area contributed by atoms with E-state index in [1.807, 2.05) is 97.1 Å². The van der Waals surface area contributed by atoms with Crippen molar-refractivity contribution in [3.8, 4) is 68.2 Å². The lowest BCUT2D eigenvalue weighted by Gasteiger charge is -2.16. The highest BCUT2D eigenvalue weighted by Gasteiger charge is 2.21. The van der Waals surface area contributed by atoms with E-state index in [4.69, 9.17) is 25.9 Å². The second kappa shape index (κ2) is 14.1. The number of benzene rings is 8. The first kappa shape index (κ1) is 34.6. The molecule has 7 nitrogen and oxygen atoms in total. The van der Waals surface area contributed by atoms with Crippen LogP contribution in [0.25, 0.3) is 111 Å². The molecule has 0 fully saturated rings. The fraction of sp³-hybridized carbons (Fsp3) is 0. The maximum Gasteiger partial charge on any atom is 0.196 e. The second-order valence-corrected chi connectivity index (χ2v) is 14.6. The van der Waals surface area contributed by atoms with Gasteiger partial charge in [0.1, 0.15) is 11.2 Å². The largest absolute Gasteiger partial charge is 0.456 e. The summed E-state index contributed by atoms with van der Waals surface area (Å²) in [5.41, 5.74) is 11.7. The van der Waals surface area contributed by atoms with E-state index >= 15 is 0 Å². The molecular formula is C53H30N6O. The predicted octanol–water partition coefficient (Wildman–Crippen LogP) is 13.6. The number of aromatic nitrogens is 4. The third-order valence-corrected chi connectivity index (χ3v) is 11.1. The van der Waals surface area contributed by atoms with Crippen LogP contribution < -0.4 is 0 Å². The number of hydrogen-bond acceptors (Lipinski definition) is 5. The molecule has 3 heterocycles. The summed E-state index contributed by atoms with van der Waals surface area (Å²) in [6.45, 7) is 7.90. The minimum absolute atomic E-state index is 0.439. The lowest BCUT2D eigenvalue weighted by Crippen LogP contribution is -2.04. The van der Waals surface area contributed by atoms with Crippen molar-refractivity contribution in [1.82, 2.24) is 19.5 Å².